The normalized spacial score (nSPS) is 13.1. The average Bonchev–Trinajstić information content (AvgIpc) is 2.59. The van der Waals surface area contributed by atoms with Crippen LogP contribution >= 0.6 is 11.3 Å². The molecule has 0 aromatic carbocycles. The van der Waals surface area contributed by atoms with Gasteiger partial charge in [0.2, 0.25) is 0 Å². The van der Waals surface area contributed by atoms with E-state index in [1.807, 2.05) is 6.92 Å². The smallest absolute Gasteiger partial charge is 0.107 e. The van der Waals surface area contributed by atoms with Crippen molar-refractivity contribution in [2.24, 2.45) is 11.7 Å². The van der Waals surface area contributed by atoms with Crippen LogP contribution in [-0.4, -0.2) is 18.1 Å². The summed E-state index contributed by atoms with van der Waals surface area (Å²) in [6.07, 6.45) is 1.14. The van der Waals surface area contributed by atoms with Gasteiger partial charge in [-0.3, -0.25) is 0 Å². The fourth-order valence-electron chi connectivity index (χ4n) is 1.26. The molecule has 0 bridgehead atoms. The van der Waals surface area contributed by atoms with Crippen LogP contribution < -0.4 is 11.1 Å². The van der Waals surface area contributed by atoms with Crippen LogP contribution in [0.5, 0.6) is 0 Å². The molecule has 0 aliphatic carbocycles. The fraction of sp³-hybridized carbons (Fsp3) is 0.700. The van der Waals surface area contributed by atoms with E-state index in [0.29, 0.717) is 5.92 Å². The Hall–Kier alpha value is -0.450. The summed E-state index contributed by atoms with van der Waals surface area (Å²) in [5.74, 6) is 0.594. The summed E-state index contributed by atoms with van der Waals surface area (Å²) in [7, 11) is 0. The highest BCUT2D eigenvalue weighted by Crippen LogP contribution is 2.08. The number of aromatic nitrogens is 1. The second kappa shape index (κ2) is 6.11. The molecule has 0 aliphatic heterocycles. The first kappa shape index (κ1) is 11.6. The highest BCUT2D eigenvalue weighted by atomic mass is 32.1. The van der Waals surface area contributed by atoms with Crippen molar-refractivity contribution in [3.05, 3.63) is 16.1 Å². The Labute approximate surface area is 89.7 Å². The van der Waals surface area contributed by atoms with Gasteiger partial charge in [0.05, 0.1) is 0 Å². The van der Waals surface area contributed by atoms with Crippen molar-refractivity contribution in [3.63, 3.8) is 0 Å². The second-order valence-corrected chi connectivity index (χ2v) is 4.47. The molecule has 0 saturated carbocycles. The third-order valence-electron chi connectivity index (χ3n) is 2.29. The van der Waals surface area contributed by atoms with Crippen molar-refractivity contribution >= 4 is 11.3 Å². The summed E-state index contributed by atoms with van der Waals surface area (Å²) in [5, 5.41) is 6.63. The van der Waals surface area contributed by atoms with Gasteiger partial charge < -0.3 is 11.1 Å². The molecule has 0 aliphatic rings. The molecule has 0 amide bonds. The molecule has 1 aromatic heterocycles. The molecule has 3 nitrogen and oxygen atoms in total. The van der Waals surface area contributed by atoms with Crippen molar-refractivity contribution in [2.75, 3.05) is 13.1 Å². The van der Waals surface area contributed by atoms with Crippen LogP contribution in [0.4, 0.5) is 0 Å². The van der Waals surface area contributed by atoms with E-state index in [1.54, 1.807) is 11.3 Å². The van der Waals surface area contributed by atoms with E-state index in [9.17, 15) is 0 Å². The average molecular weight is 213 g/mol. The topological polar surface area (TPSA) is 50.9 Å². The molecule has 1 atom stereocenters. The lowest BCUT2D eigenvalue weighted by Gasteiger charge is -2.11. The van der Waals surface area contributed by atoms with E-state index in [1.165, 1.54) is 0 Å². The van der Waals surface area contributed by atoms with Gasteiger partial charge in [-0.25, -0.2) is 4.98 Å². The van der Waals surface area contributed by atoms with Crippen LogP contribution in [0, 0.1) is 12.8 Å². The lowest BCUT2D eigenvalue weighted by Crippen LogP contribution is -2.27. The van der Waals surface area contributed by atoms with Gasteiger partial charge in [0.15, 0.2) is 0 Å². The standard InChI is InChI=1S/C10H19N3S/c1-3-9(4-11)5-12-6-10-13-8(2)7-14-10/h7,9,12H,3-6,11H2,1-2H3. The second-order valence-electron chi connectivity index (χ2n) is 3.52. The van der Waals surface area contributed by atoms with Gasteiger partial charge in [-0.05, 0) is 25.9 Å². The molecule has 3 N–H and O–H groups in total. The largest absolute Gasteiger partial charge is 0.330 e. The Morgan fingerprint density at radius 2 is 2.43 bits per heavy atom. The van der Waals surface area contributed by atoms with E-state index < -0.39 is 0 Å². The zero-order valence-electron chi connectivity index (χ0n) is 8.92. The quantitative estimate of drug-likeness (QED) is 0.753. The molecule has 0 radical (unpaired) electrons. The molecule has 0 fully saturated rings. The van der Waals surface area contributed by atoms with Gasteiger partial charge in [-0.15, -0.1) is 11.3 Å². The molecular formula is C10H19N3S. The Kier molecular flexibility index (Phi) is 5.07. The van der Waals surface area contributed by atoms with Gasteiger partial charge in [-0.1, -0.05) is 13.3 Å². The van der Waals surface area contributed by atoms with Crippen LogP contribution in [0.1, 0.15) is 24.0 Å². The van der Waals surface area contributed by atoms with Crippen LogP contribution in [0.3, 0.4) is 0 Å². The minimum absolute atomic E-state index is 0.594. The third kappa shape index (κ3) is 3.74. The van der Waals surface area contributed by atoms with Crippen LogP contribution in [-0.2, 0) is 6.54 Å². The monoisotopic (exact) mass is 213 g/mol. The summed E-state index contributed by atoms with van der Waals surface area (Å²) < 4.78 is 0. The Morgan fingerprint density at radius 1 is 1.64 bits per heavy atom. The summed E-state index contributed by atoms with van der Waals surface area (Å²) >= 11 is 1.71. The van der Waals surface area contributed by atoms with Crippen molar-refractivity contribution in [2.45, 2.75) is 26.8 Å². The lowest BCUT2D eigenvalue weighted by molar-refractivity contribution is 0.471. The number of nitrogens with two attached hydrogens (primary N) is 1. The predicted molar refractivity (Wildman–Crippen MR) is 61.4 cm³/mol. The highest BCUT2D eigenvalue weighted by molar-refractivity contribution is 7.09. The van der Waals surface area contributed by atoms with Gasteiger partial charge in [0.1, 0.15) is 5.01 Å². The van der Waals surface area contributed by atoms with E-state index >= 15 is 0 Å². The summed E-state index contributed by atoms with van der Waals surface area (Å²) in [5.41, 5.74) is 6.72. The van der Waals surface area contributed by atoms with Crippen molar-refractivity contribution in [3.8, 4) is 0 Å². The molecule has 0 spiro atoms. The van der Waals surface area contributed by atoms with Gasteiger partial charge >= 0.3 is 0 Å². The molecule has 80 valence electrons. The number of hydrogen-bond donors (Lipinski definition) is 2. The zero-order chi connectivity index (χ0) is 10.4. The first-order valence-corrected chi connectivity index (χ1v) is 5.96. The number of rotatable bonds is 6. The molecule has 1 unspecified atom stereocenters. The number of nitrogens with one attached hydrogen (secondary N) is 1. The third-order valence-corrected chi connectivity index (χ3v) is 3.25. The molecular weight excluding hydrogens is 194 g/mol. The molecule has 4 heteroatoms. The van der Waals surface area contributed by atoms with Crippen molar-refractivity contribution < 1.29 is 0 Å². The van der Waals surface area contributed by atoms with E-state index in [0.717, 1.165) is 36.8 Å². The SMILES string of the molecule is CCC(CN)CNCc1nc(C)cs1. The number of hydrogen-bond acceptors (Lipinski definition) is 4. The Bertz CT molecular complexity index is 256. The minimum atomic E-state index is 0.594. The minimum Gasteiger partial charge on any atom is -0.330 e. The van der Waals surface area contributed by atoms with Crippen LogP contribution in [0.2, 0.25) is 0 Å². The Balaban J connectivity index is 2.21. The summed E-state index contributed by atoms with van der Waals surface area (Å²) in [6, 6.07) is 0. The first-order chi connectivity index (χ1) is 6.76. The first-order valence-electron chi connectivity index (χ1n) is 5.08. The van der Waals surface area contributed by atoms with Crippen molar-refractivity contribution in [1.29, 1.82) is 0 Å². The maximum absolute atomic E-state index is 5.61. The lowest BCUT2D eigenvalue weighted by atomic mass is 10.1. The van der Waals surface area contributed by atoms with E-state index in [-0.39, 0.29) is 0 Å². The van der Waals surface area contributed by atoms with Crippen LogP contribution in [0.25, 0.3) is 0 Å². The predicted octanol–water partition coefficient (Wildman–Crippen LogP) is 1.53. The molecule has 0 saturated heterocycles. The highest BCUT2D eigenvalue weighted by Gasteiger charge is 2.03. The maximum Gasteiger partial charge on any atom is 0.107 e. The van der Waals surface area contributed by atoms with Gasteiger partial charge in [-0.2, -0.15) is 0 Å². The summed E-state index contributed by atoms with van der Waals surface area (Å²) in [4.78, 5) is 4.38. The maximum atomic E-state index is 5.61. The molecule has 1 aromatic rings. The molecule has 1 rings (SSSR count). The number of aryl methyl sites for hydroxylation is 1. The summed E-state index contributed by atoms with van der Waals surface area (Å²) in [6.45, 7) is 6.82. The van der Waals surface area contributed by atoms with E-state index in [2.05, 4.69) is 22.6 Å². The Morgan fingerprint density at radius 3 is 2.93 bits per heavy atom. The van der Waals surface area contributed by atoms with E-state index in [4.69, 9.17) is 5.73 Å². The molecule has 1 heterocycles. The van der Waals surface area contributed by atoms with Gasteiger partial charge in [0.25, 0.3) is 0 Å². The zero-order valence-corrected chi connectivity index (χ0v) is 9.73. The fourth-order valence-corrected chi connectivity index (χ4v) is 2.00. The number of nitrogens with zero attached hydrogens (tertiary/aromatic N) is 1. The van der Waals surface area contributed by atoms with Gasteiger partial charge in [0, 0.05) is 17.6 Å². The van der Waals surface area contributed by atoms with Crippen LogP contribution in [0.15, 0.2) is 5.38 Å². The van der Waals surface area contributed by atoms with Crippen molar-refractivity contribution in [1.82, 2.24) is 10.3 Å². The molecule has 14 heavy (non-hydrogen) atoms. The number of thiazole rings is 1.